The van der Waals surface area contributed by atoms with E-state index in [4.69, 9.17) is 0 Å². The van der Waals surface area contributed by atoms with Crippen LogP contribution in [0.5, 0.6) is 0 Å². The van der Waals surface area contributed by atoms with Crippen LogP contribution in [0.2, 0.25) is 0 Å². The van der Waals surface area contributed by atoms with E-state index in [0.717, 1.165) is 21.7 Å². The summed E-state index contributed by atoms with van der Waals surface area (Å²) in [6.45, 7) is 1.68. The molecule has 1 N–H and O–H groups in total. The highest BCUT2D eigenvalue weighted by Crippen LogP contribution is 2.36. The Labute approximate surface area is 183 Å². The predicted octanol–water partition coefficient (Wildman–Crippen LogP) is 3.29. The summed E-state index contributed by atoms with van der Waals surface area (Å²) in [5, 5.41) is 10.3. The first kappa shape index (κ1) is 22.7. The standard InChI is InChI=1S/C20H19F5N6O2/c1-11(2)30-6-5-15(27-30)26-16(32)8-31-18(33)13-4-3-12(20(23,24)25)7-14(13)17(28-31)29-9-19(21,22)10-29/h3-7,11H,8-10H2,1-2H3,(H,26,27,32). The van der Waals surface area contributed by atoms with E-state index < -0.39 is 48.8 Å². The van der Waals surface area contributed by atoms with Crippen LogP contribution in [0.3, 0.4) is 0 Å². The lowest BCUT2D eigenvalue weighted by Gasteiger charge is -2.40. The number of fused-ring (bicyclic) bond motifs is 1. The number of hydrogen-bond acceptors (Lipinski definition) is 5. The Kier molecular flexibility index (Phi) is 5.37. The number of alkyl halides is 5. The number of anilines is 2. The lowest BCUT2D eigenvalue weighted by molar-refractivity contribution is -0.137. The molecule has 0 saturated carbocycles. The summed E-state index contributed by atoms with van der Waals surface area (Å²) >= 11 is 0. The molecule has 13 heteroatoms. The second kappa shape index (κ2) is 7.81. The number of carbonyl (C=O) groups is 1. The van der Waals surface area contributed by atoms with E-state index in [1.165, 1.54) is 0 Å². The molecule has 0 radical (unpaired) electrons. The maximum atomic E-state index is 13.4. The van der Waals surface area contributed by atoms with Gasteiger partial charge in [0.25, 0.3) is 11.5 Å². The first-order valence-corrected chi connectivity index (χ1v) is 9.94. The SMILES string of the molecule is CC(C)n1ccc(NC(=O)Cn2nc(N3CC(F)(F)C3)c3cc(C(F)(F)F)ccc3c2=O)n1. The molecule has 4 rings (SSSR count). The van der Waals surface area contributed by atoms with E-state index in [9.17, 15) is 31.5 Å². The molecular weight excluding hydrogens is 451 g/mol. The Morgan fingerprint density at radius 1 is 1.15 bits per heavy atom. The number of aromatic nitrogens is 4. The van der Waals surface area contributed by atoms with Crippen molar-refractivity contribution in [1.29, 1.82) is 0 Å². The minimum atomic E-state index is -4.70. The Morgan fingerprint density at radius 2 is 1.85 bits per heavy atom. The minimum Gasteiger partial charge on any atom is -0.342 e. The molecule has 2 aromatic heterocycles. The summed E-state index contributed by atoms with van der Waals surface area (Å²) in [5.74, 6) is -3.67. The van der Waals surface area contributed by atoms with Crippen LogP contribution in [0.25, 0.3) is 10.8 Å². The van der Waals surface area contributed by atoms with Gasteiger partial charge in [-0.2, -0.15) is 23.4 Å². The number of carbonyl (C=O) groups excluding carboxylic acids is 1. The van der Waals surface area contributed by atoms with Crippen LogP contribution in [-0.2, 0) is 17.5 Å². The summed E-state index contributed by atoms with van der Waals surface area (Å²) in [7, 11) is 0. The normalized spacial score (nSPS) is 15.7. The van der Waals surface area contributed by atoms with Gasteiger partial charge in [0, 0.05) is 23.7 Å². The van der Waals surface area contributed by atoms with Crippen molar-refractivity contribution in [3.8, 4) is 0 Å². The molecule has 33 heavy (non-hydrogen) atoms. The summed E-state index contributed by atoms with van der Waals surface area (Å²) in [4.78, 5) is 26.4. The first-order valence-electron chi connectivity index (χ1n) is 9.94. The fourth-order valence-electron chi connectivity index (χ4n) is 3.46. The van der Waals surface area contributed by atoms with Gasteiger partial charge in [0.2, 0.25) is 5.91 Å². The van der Waals surface area contributed by atoms with Crippen LogP contribution >= 0.6 is 0 Å². The van der Waals surface area contributed by atoms with Gasteiger partial charge < -0.3 is 10.2 Å². The summed E-state index contributed by atoms with van der Waals surface area (Å²) < 4.78 is 68.8. The number of amides is 1. The van der Waals surface area contributed by atoms with Gasteiger partial charge in [-0.25, -0.2) is 13.5 Å². The van der Waals surface area contributed by atoms with Crippen LogP contribution in [0.4, 0.5) is 33.6 Å². The van der Waals surface area contributed by atoms with Gasteiger partial charge in [-0.1, -0.05) is 0 Å². The first-order chi connectivity index (χ1) is 15.3. The molecule has 0 spiro atoms. The Bertz CT molecular complexity index is 1270. The van der Waals surface area contributed by atoms with Gasteiger partial charge in [0.05, 0.1) is 24.0 Å². The molecule has 1 saturated heterocycles. The minimum absolute atomic E-state index is 0.0548. The Morgan fingerprint density at radius 3 is 2.42 bits per heavy atom. The van der Waals surface area contributed by atoms with Gasteiger partial charge in [-0.05, 0) is 32.0 Å². The van der Waals surface area contributed by atoms with Crippen LogP contribution in [0.15, 0.2) is 35.3 Å². The quantitative estimate of drug-likeness (QED) is 0.579. The third kappa shape index (κ3) is 4.52. The Hall–Kier alpha value is -3.51. The summed E-state index contributed by atoms with van der Waals surface area (Å²) in [6.07, 6.45) is -3.04. The van der Waals surface area contributed by atoms with Crippen molar-refractivity contribution in [3.05, 3.63) is 46.4 Å². The smallest absolute Gasteiger partial charge is 0.342 e. The van der Waals surface area contributed by atoms with Gasteiger partial charge in [-0.15, -0.1) is 0 Å². The highest BCUT2D eigenvalue weighted by atomic mass is 19.4. The number of benzene rings is 1. The van der Waals surface area contributed by atoms with Gasteiger partial charge >= 0.3 is 6.18 Å². The predicted molar refractivity (Wildman–Crippen MR) is 109 cm³/mol. The highest BCUT2D eigenvalue weighted by molar-refractivity contribution is 5.93. The van der Waals surface area contributed by atoms with Crippen molar-refractivity contribution >= 4 is 28.3 Å². The average molecular weight is 470 g/mol. The lowest BCUT2D eigenvalue weighted by Crippen LogP contribution is -2.57. The van der Waals surface area contributed by atoms with E-state index in [1.54, 1.807) is 16.9 Å². The van der Waals surface area contributed by atoms with Gasteiger partial charge in [-0.3, -0.25) is 14.3 Å². The van der Waals surface area contributed by atoms with E-state index in [2.05, 4.69) is 15.5 Å². The molecule has 3 heterocycles. The number of halogens is 5. The number of nitrogens with one attached hydrogen (secondary N) is 1. The molecule has 1 fully saturated rings. The second-order valence-electron chi connectivity index (χ2n) is 8.08. The molecule has 1 aromatic carbocycles. The third-order valence-corrected chi connectivity index (χ3v) is 5.11. The maximum absolute atomic E-state index is 13.4. The molecule has 3 aromatic rings. The summed E-state index contributed by atoms with van der Waals surface area (Å²) in [6, 6.07) is 4.00. The molecule has 8 nitrogen and oxygen atoms in total. The van der Waals surface area contributed by atoms with E-state index >= 15 is 0 Å². The zero-order chi connectivity index (χ0) is 24.1. The van der Waals surface area contributed by atoms with E-state index in [1.807, 2.05) is 13.8 Å². The molecule has 1 aliphatic rings. The number of hydrogen-bond donors (Lipinski definition) is 1. The largest absolute Gasteiger partial charge is 0.416 e. The van der Waals surface area contributed by atoms with Crippen molar-refractivity contribution in [2.75, 3.05) is 23.3 Å². The van der Waals surface area contributed by atoms with Gasteiger partial charge in [0.15, 0.2) is 11.6 Å². The molecule has 1 aliphatic heterocycles. The van der Waals surface area contributed by atoms with Crippen molar-refractivity contribution in [3.63, 3.8) is 0 Å². The van der Waals surface area contributed by atoms with Crippen molar-refractivity contribution in [1.82, 2.24) is 19.6 Å². The molecule has 0 unspecified atom stereocenters. The van der Waals surface area contributed by atoms with Crippen molar-refractivity contribution < 1.29 is 26.7 Å². The third-order valence-electron chi connectivity index (χ3n) is 5.11. The molecule has 0 bridgehead atoms. The number of nitrogens with zero attached hydrogens (tertiary/aromatic N) is 5. The topological polar surface area (TPSA) is 85.0 Å². The summed E-state index contributed by atoms with van der Waals surface area (Å²) in [5.41, 5.74) is -1.86. The van der Waals surface area contributed by atoms with Crippen LogP contribution in [0, 0.1) is 0 Å². The zero-order valence-corrected chi connectivity index (χ0v) is 17.5. The van der Waals surface area contributed by atoms with Gasteiger partial charge in [0.1, 0.15) is 6.54 Å². The molecular formula is C20H19F5N6O2. The molecule has 1 amide bonds. The average Bonchev–Trinajstić information content (AvgIpc) is 3.16. The van der Waals surface area contributed by atoms with Crippen LogP contribution in [0.1, 0.15) is 25.5 Å². The lowest BCUT2D eigenvalue weighted by atomic mass is 10.1. The van der Waals surface area contributed by atoms with Crippen LogP contribution < -0.4 is 15.8 Å². The Balaban J connectivity index is 1.70. The van der Waals surface area contributed by atoms with Crippen molar-refractivity contribution in [2.45, 2.75) is 38.5 Å². The van der Waals surface area contributed by atoms with Crippen molar-refractivity contribution in [2.24, 2.45) is 0 Å². The molecule has 0 aliphatic carbocycles. The number of rotatable bonds is 5. The second-order valence-corrected chi connectivity index (χ2v) is 8.08. The van der Waals surface area contributed by atoms with Crippen LogP contribution in [-0.4, -0.2) is 44.5 Å². The zero-order valence-electron chi connectivity index (χ0n) is 17.5. The fraction of sp³-hybridized carbons (Fsp3) is 0.400. The maximum Gasteiger partial charge on any atom is 0.416 e. The monoisotopic (exact) mass is 470 g/mol. The molecule has 0 atom stereocenters. The van der Waals surface area contributed by atoms with E-state index in [-0.39, 0.29) is 28.5 Å². The molecule has 176 valence electrons. The van der Waals surface area contributed by atoms with E-state index in [0.29, 0.717) is 6.07 Å². The highest BCUT2D eigenvalue weighted by Gasteiger charge is 2.45. The fourth-order valence-corrected chi connectivity index (χ4v) is 3.46.